The van der Waals surface area contributed by atoms with E-state index in [1.807, 2.05) is 0 Å². The van der Waals surface area contributed by atoms with Gasteiger partial charge in [-0.1, -0.05) is 32.6 Å². The van der Waals surface area contributed by atoms with Crippen LogP contribution in [0.3, 0.4) is 0 Å². The van der Waals surface area contributed by atoms with Gasteiger partial charge in [-0.3, -0.25) is 4.90 Å². The molecule has 0 aromatic carbocycles. The summed E-state index contributed by atoms with van der Waals surface area (Å²) in [5.74, 6) is 0. The van der Waals surface area contributed by atoms with Crippen molar-refractivity contribution in [1.29, 1.82) is 0 Å². The maximum absolute atomic E-state index is 6.28. The van der Waals surface area contributed by atoms with Gasteiger partial charge in [-0.05, 0) is 32.2 Å². The molecule has 2 N–H and O–H groups in total. The van der Waals surface area contributed by atoms with Gasteiger partial charge in [-0.25, -0.2) is 0 Å². The lowest BCUT2D eigenvalue weighted by molar-refractivity contribution is 0.0977. The predicted octanol–water partition coefficient (Wildman–Crippen LogP) is 3.36. The summed E-state index contributed by atoms with van der Waals surface area (Å²) in [5.41, 5.74) is 6.28. The summed E-state index contributed by atoms with van der Waals surface area (Å²) in [6, 6.07) is 1.98. The highest BCUT2D eigenvalue weighted by atomic mass is 35.5. The van der Waals surface area contributed by atoms with Crippen molar-refractivity contribution in [3.05, 3.63) is 0 Å². The number of nitrogens with two attached hydrogens (primary N) is 1. The van der Waals surface area contributed by atoms with Crippen LogP contribution in [-0.4, -0.2) is 29.6 Å². The molecule has 0 saturated heterocycles. The Morgan fingerprint density at radius 2 is 1.47 bits per heavy atom. The van der Waals surface area contributed by atoms with Crippen molar-refractivity contribution >= 4 is 24.8 Å². The van der Waals surface area contributed by atoms with Crippen LogP contribution in [0.2, 0.25) is 0 Å². The van der Waals surface area contributed by atoms with E-state index in [-0.39, 0.29) is 24.8 Å². The number of nitrogens with zero attached hydrogens (tertiary/aromatic N) is 1. The number of halogens is 2. The van der Waals surface area contributed by atoms with Gasteiger partial charge in [0.15, 0.2) is 0 Å². The van der Waals surface area contributed by atoms with Crippen LogP contribution < -0.4 is 5.73 Å². The first kappa shape index (κ1) is 17.5. The molecule has 0 aromatic rings. The van der Waals surface area contributed by atoms with E-state index >= 15 is 0 Å². The molecule has 2 rings (SSSR count). The lowest BCUT2D eigenvalue weighted by Crippen LogP contribution is -2.52. The van der Waals surface area contributed by atoms with Crippen LogP contribution >= 0.6 is 24.8 Å². The molecule has 2 saturated carbocycles. The lowest BCUT2D eigenvalue weighted by Gasteiger charge is -2.41. The highest BCUT2D eigenvalue weighted by molar-refractivity contribution is 5.85. The largest absolute Gasteiger partial charge is 0.326 e. The summed E-state index contributed by atoms with van der Waals surface area (Å²) >= 11 is 0. The zero-order valence-corrected chi connectivity index (χ0v) is 12.6. The topological polar surface area (TPSA) is 29.3 Å². The molecule has 2 aliphatic carbocycles. The molecule has 0 aromatic heterocycles. The average Bonchev–Trinajstić information content (AvgIpc) is 2.75. The second kappa shape index (κ2) is 8.58. The summed E-state index contributed by atoms with van der Waals surface area (Å²) in [4.78, 5) is 2.72. The third-order valence-corrected chi connectivity index (χ3v) is 4.37. The summed E-state index contributed by atoms with van der Waals surface area (Å²) in [7, 11) is 0. The fourth-order valence-corrected chi connectivity index (χ4v) is 3.55. The van der Waals surface area contributed by atoms with Gasteiger partial charge in [0.2, 0.25) is 0 Å². The van der Waals surface area contributed by atoms with Crippen molar-refractivity contribution in [2.45, 2.75) is 76.4 Å². The summed E-state index contributed by atoms with van der Waals surface area (Å²) in [5, 5.41) is 0. The van der Waals surface area contributed by atoms with E-state index in [9.17, 15) is 0 Å². The zero-order chi connectivity index (χ0) is 10.7. The number of hydrogen-bond acceptors (Lipinski definition) is 2. The number of likely N-dealkylation sites (N-methyl/N-ethyl adjacent to an activating group) is 1. The molecule has 0 spiro atoms. The standard InChI is InChI=1S/C13H26N2.2ClH/c1-2-15(11-7-3-4-8-11)13-10-6-5-9-12(13)14;;/h11-13H,2-10,14H2,1H3;2*1H/t12-,13-;;/m1../s1. The van der Waals surface area contributed by atoms with E-state index in [1.54, 1.807) is 0 Å². The predicted molar refractivity (Wildman–Crippen MR) is 79.4 cm³/mol. The van der Waals surface area contributed by atoms with Crippen molar-refractivity contribution in [1.82, 2.24) is 4.90 Å². The molecule has 2 aliphatic rings. The second-order valence-electron chi connectivity index (χ2n) is 5.28. The average molecular weight is 283 g/mol. The van der Waals surface area contributed by atoms with Crippen LogP contribution in [0, 0.1) is 0 Å². The maximum atomic E-state index is 6.28. The normalized spacial score (nSPS) is 29.8. The molecule has 0 amide bonds. The molecule has 0 aliphatic heterocycles. The van der Waals surface area contributed by atoms with Gasteiger partial charge in [0.25, 0.3) is 0 Å². The zero-order valence-electron chi connectivity index (χ0n) is 10.9. The first-order valence-corrected chi connectivity index (χ1v) is 6.84. The van der Waals surface area contributed by atoms with Gasteiger partial charge < -0.3 is 5.73 Å². The third-order valence-electron chi connectivity index (χ3n) is 4.37. The van der Waals surface area contributed by atoms with Crippen LogP contribution in [-0.2, 0) is 0 Å². The van der Waals surface area contributed by atoms with Crippen molar-refractivity contribution in [3.63, 3.8) is 0 Å². The first-order chi connectivity index (χ1) is 7.33. The third kappa shape index (κ3) is 4.27. The Hall–Kier alpha value is 0.500. The summed E-state index contributed by atoms with van der Waals surface area (Å²) in [6.07, 6.45) is 11.0. The minimum atomic E-state index is 0. The van der Waals surface area contributed by atoms with Crippen LogP contribution in [0.25, 0.3) is 0 Å². The Kier molecular flexibility index (Phi) is 8.83. The SMILES string of the molecule is CCN(C1CCCC1)[C@@H]1CCCC[C@H]1N.Cl.Cl. The monoisotopic (exact) mass is 282 g/mol. The Labute approximate surface area is 119 Å². The van der Waals surface area contributed by atoms with Gasteiger partial charge in [0.05, 0.1) is 0 Å². The molecular formula is C13H28Cl2N2. The lowest BCUT2D eigenvalue weighted by atomic mass is 9.89. The number of hydrogen-bond donors (Lipinski definition) is 1. The fraction of sp³-hybridized carbons (Fsp3) is 1.00. The smallest absolute Gasteiger partial charge is 0.0250 e. The minimum Gasteiger partial charge on any atom is -0.326 e. The maximum Gasteiger partial charge on any atom is 0.0250 e. The molecule has 0 unspecified atom stereocenters. The minimum absolute atomic E-state index is 0. The van der Waals surface area contributed by atoms with Crippen LogP contribution in [0.1, 0.15) is 58.3 Å². The molecule has 0 radical (unpaired) electrons. The molecule has 2 fully saturated rings. The van der Waals surface area contributed by atoms with E-state index < -0.39 is 0 Å². The Bertz CT molecular complexity index is 196. The van der Waals surface area contributed by atoms with Gasteiger partial charge >= 0.3 is 0 Å². The number of rotatable bonds is 3. The molecule has 2 atom stereocenters. The molecule has 0 heterocycles. The molecular weight excluding hydrogens is 255 g/mol. The van der Waals surface area contributed by atoms with Crippen molar-refractivity contribution in [3.8, 4) is 0 Å². The highest BCUT2D eigenvalue weighted by Gasteiger charge is 2.32. The van der Waals surface area contributed by atoms with Gasteiger partial charge in [-0.15, -0.1) is 24.8 Å². The van der Waals surface area contributed by atoms with E-state index in [4.69, 9.17) is 5.73 Å². The quantitative estimate of drug-likeness (QED) is 0.860. The van der Waals surface area contributed by atoms with E-state index in [2.05, 4.69) is 11.8 Å². The summed E-state index contributed by atoms with van der Waals surface area (Å²) < 4.78 is 0. The Morgan fingerprint density at radius 3 is 2.00 bits per heavy atom. The van der Waals surface area contributed by atoms with Crippen LogP contribution in [0.5, 0.6) is 0 Å². The van der Waals surface area contributed by atoms with E-state index in [0.717, 1.165) is 6.04 Å². The highest BCUT2D eigenvalue weighted by Crippen LogP contribution is 2.30. The fourth-order valence-electron chi connectivity index (χ4n) is 3.55. The molecule has 4 heteroatoms. The molecule has 2 nitrogen and oxygen atoms in total. The van der Waals surface area contributed by atoms with Gasteiger partial charge in [0.1, 0.15) is 0 Å². The van der Waals surface area contributed by atoms with Crippen LogP contribution in [0.4, 0.5) is 0 Å². The molecule has 17 heavy (non-hydrogen) atoms. The Balaban J connectivity index is 0.00000128. The Morgan fingerprint density at radius 1 is 0.941 bits per heavy atom. The van der Waals surface area contributed by atoms with Crippen molar-refractivity contribution < 1.29 is 0 Å². The van der Waals surface area contributed by atoms with Crippen molar-refractivity contribution in [2.75, 3.05) is 6.54 Å². The van der Waals surface area contributed by atoms with Crippen LogP contribution in [0.15, 0.2) is 0 Å². The second-order valence-corrected chi connectivity index (χ2v) is 5.28. The molecule has 104 valence electrons. The van der Waals surface area contributed by atoms with Gasteiger partial charge in [-0.2, -0.15) is 0 Å². The van der Waals surface area contributed by atoms with E-state index in [0.29, 0.717) is 12.1 Å². The summed E-state index contributed by atoms with van der Waals surface area (Å²) in [6.45, 7) is 3.50. The first-order valence-electron chi connectivity index (χ1n) is 6.84. The van der Waals surface area contributed by atoms with Gasteiger partial charge in [0, 0.05) is 18.1 Å². The van der Waals surface area contributed by atoms with Crippen molar-refractivity contribution in [2.24, 2.45) is 5.73 Å². The molecule has 0 bridgehead atoms. The van der Waals surface area contributed by atoms with E-state index in [1.165, 1.54) is 57.9 Å².